The Labute approximate surface area is 136 Å². The molecule has 23 heavy (non-hydrogen) atoms. The molecule has 124 valence electrons. The van der Waals surface area contributed by atoms with Crippen molar-refractivity contribution in [1.82, 2.24) is 0 Å². The summed E-state index contributed by atoms with van der Waals surface area (Å²) < 4.78 is 5.37. The number of Topliss-reactive ketones (excluding diaryl/α,β-unsaturated/α-hetero) is 2. The van der Waals surface area contributed by atoms with Gasteiger partial charge in [0.25, 0.3) is 0 Å². The van der Waals surface area contributed by atoms with Crippen molar-refractivity contribution in [2.45, 2.75) is 38.5 Å². The lowest BCUT2D eigenvalue weighted by Crippen LogP contribution is -2.22. The number of nitrogens with two attached hydrogens (primary N) is 1. The number of hydrogen-bond acceptors (Lipinski definition) is 5. The Hall–Kier alpha value is -1.72. The SMILES string of the molecule is Cc1cc(ON)ccc1C1C(=O)CC(CC2CCOCC2)C1=O. The number of hydrogen-bond donors (Lipinski definition) is 1. The van der Waals surface area contributed by atoms with Gasteiger partial charge >= 0.3 is 0 Å². The predicted molar refractivity (Wildman–Crippen MR) is 85.0 cm³/mol. The molecule has 1 heterocycles. The highest BCUT2D eigenvalue weighted by Gasteiger charge is 2.43. The monoisotopic (exact) mass is 317 g/mol. The van der Waals surface area contributed by atoms with Crippen molar-refractivity contribution in [2.24, 2.45) is 17.7 Å². The van der Waals surface area contributed by atoms with E-state index in [0.717, 1.165) is 43.6 Å². The van der Waals surface area contributed by atoms with Crippen molar-refractivity contribution in [1.29, 1.82) is 0 Å². The normalized spacial score (nSPS) is 25.8. The summed E-state index contributed by atoms with van der Waals surface area (Å²) in [5.41, 5.74) is 1.65. The van der Waals surface area contributed by atoms with Crippen LogP contribution in [-0.2, 0) is 14.3 Å². The standard InChI is InChI=1S/C18H23NO4/c1-11-8-14(23-19)2-3-15(11)17-16(20)10-13(18(17)21)9-12-4-6-22-7-5-12/h2-3,8,12-13,17H,4-7,9-10,19H2,1H3. The second-order valence-corrected chi connectivity index (χ2v) is 6.63. The number of carbonyl (C=O) groups excluding carboxylic acids is 2. The van der Waals surface area contributed by atoms with Crippen LogP contribution >= 0.6 is 0 Å². The molecule has 1 aromatic carbocycles. The van der Waals surface area contributed by atoms with Gasteiger partial charge in [-0.3, -0.25) is 9.59 Å². The average molecular weight is 317 g/mol. The zero-order valence-corrected chi connectivity index (χ0v) is 13.4. The van der Waals surface area contributed by atoms with Gasteiger partial charge in [0.2, 0.25) is 0 Å². The molecule has 3 rings (SSSR count). The molecular weight excluding hydrogens is 294 g/mol. The minimum atomic E-state index is -0.619. The van der Waals surface area contributed by atoms with Gasteiger partial charge in [-0.05, 0) is 55.4 Å². The molecule has 1 saturated heterocycles. The number of rotatable bonds is 4. The van der Waals surface area contributed by atoms with Gasteiger partial charge in [-0.1, -0.05) is 6.07 Å². The molecule has 0 bridgehead atoms. The van der Waals surface area contributed by atoms with Gasteiger partial charge in [-0.25, -0.2) is 0 Å². The number of ketones is 2. The third-order valence-electron chi connectivity index (χ3n) is 5.10. The van der Waals surface area contributed by atoms with Crippen LogP contribution < -0.4 is 10.7 Å². The quantitative estimate of drug-likeness (QED) is 0.681. The molecule has 2 N–H and O–H groups in total. The largest absolute Gasteiger partial charge is 0.412 e. The van der Waals surface area contributed by atoms with Gasteiger partial charge < -0.3 is 9.57 Å². The zero-order chi connectivity index (χ0) is 16.4. The van der Waals surface area contributed by atoms with Crippen molar-refractivity contribution in [3.63, 3.8) is 0 Å². The molecule has 0 spiro atoms. The molecule has 5 heteroatoms. The Bertz CT molecular complexity index is 607. The third kappa shape index (κ3) is 3.31. The first-order valence-electron chi connectivity index (χ1n) is 8.21. The molecule has 2 fully saturated rings. The maximum atomic E-state index is 12.8. The first-order valence-corrected chi connectivity index (χ1v) is 8.21. The lowest BCUT2D eigenvalue weighted by molar-refractivity contribution is -0.125. The van der Waals surface area contributed by atoms with E-state index in [2.05, 4.69) is 0 Å². The van der Waals surface area contributed by atoms with Crippen LogP contribution in [0.1, 0.15) is 42.7 Å². The highest BCUT2D eigenvalue weighted by atomic mass is 16.6. The van der Waals surface area contributed by atoms with E-state index in [1.165, 1.54) is 0 Å². The van der Waals surface area contributed by atoms with E-state index in [4.69, 9.17) is 15.5 Å². The molecule has 2 atom stereocenters. The summed E-state index contributed by atoms with van der Waals surface area (Å²) in [4.78, 5) is 29.9. The third-order valence-corrected chi connectivity index (χ3v) is 5.10. The number of aryl methyl sites for hydroxylation is 1. The van der Waals surface area contributed by atoms with E-state index >= 15 is 0 Å². The van der Waals surface area contributed by atoms with E-state index in [9.17, 15) is 9.59 Å². The first kappa shape index (κ1) is 16.1. The molecule has 1 saturated carbocycles. The Morgan fingerprint density at radius 3 is 2.65 bits per heavy atom. The van der Waals surface area contributed by atoms with Gasteiger partial charge in [-0.2, -0.15) is 5.90 Å². The summed E-state index contributed by atoms with van der Waals surface area (Å²) in [5, 5.41) is 0. The lowest BCUT2D eigenvalue weighted by Gasteiger charge is -2.24. The smallest absolute Gasteiger partial charge is 0.151 e. The Morgan fingerprint density at radius 2 is 2.00 bits per heavy atom. The van der Waals surface area contributed by atoms with Gasteiger partial charge in [0, 0.05) is 25.6 Å². The fourth-order valence-electron chi connectivity index (χ4n) is 3.81. The minimum absolute atomic E-state index is 0.0385. The highest BCUT2D eigenvalue weighted by Crippen LogP contribution is 2.38. The van der Waals surface area contributed by atoms with Crippen LogP contribution in [0.25, 0.3) is 0 Å². The number of benzene rings is 1. The molecule has 0 radical (unpaired) electrons. The van der Waals surface area contributed by atoms with Crippen LogP contribution in [-0.4, -0.2) is 24.8 Å². The van der Waals surface area contributed by atoms with Crippen LogP contribution in [0, 0.1) is 18.8 Å². The molecule has 0 aromatic heterocycles. The lowest BCUT2D eigenvalue weighted by atomic mass is 9.85. The van der Waals surface area contributed by atoms with Gasteiger partial charge in [0.05, 0.1) is 0 Å². The first-order chi connectivity index (χ1) is 11.1. The highest BCUT2D eigenvalue weighted by molar-refractivity contribution is 6.14. The Kier molecular flexibility index (Phi) is 4.78. The summed E-state index contributed by atoms with van der Waals surface area (Å²) in [6.07, 6.45) is 3.16. The summed E-state index contributed by atoms with van der Waals surface area (Å²) in [6, 6.07) is 5.26. The van der Waals surface area contributed by atoms with Crippen molar-refractivity contribution in [3.8, 4) is 5.75 Å². The summed E-state index contributed by atoms with van der Waals surface area (Å²) in [7, 11) is 0. The van der Waals surface area contributed by atoms with E-state index in [0.29, 0.717) is 18.1 Å². The van der Waals surface area contributed by atoms with E-state index in [1.54, 1.807) is 18.2 Å². The van der Waals surface area contributed by atoms with Crippen LogP contribution in [0.15, 0.2) is 18.2 Å². The van der Waals surface area contributed by atoms with Gasteiger partial charge in [0.1, 0.15) is 17.5 Å². The van der Waals surface area contributed by atoms with Crippen molar-refractivity contribution < 1.29 is 19.2 Å². The van der Waals surface area contributed by atoms with E-state index in [-0.39, 0.29) is 17.5 Å². The maximum absolute atomic E-state index is 12.8. The van der Waals surface area contributed by atoms with Crippen molar-refractivity contribution in [3.05, 3.63) is 29.3 Å². The Morgan fingerprint density at radius 1 is 1.26 bits per heavy atom. The molecule has 5 nitrogen and oxygen atoms in total. The van der Waals surface area contributed by atoms with Crippen LogP contribution in [0.2, 0.25) is 0 Å². The molecule has 1 aliphatic carbocycles. The van der Waals surface area contributed by atoms with Crippen LogP contribution in [0.5, 0.6) is 5.75 Å². The van der Waals surface area contributed by atoms with Crippen molar-refractivity contribution in [2.75, 3.05) is 13.2 Å². The average Bonchev–Trinajstić information content (AvgIpc) is 2.82. The van der Waals surface area contributed by atoms with Crippen LogP contribution in [0.4, 0.5) is 0 Å². The summed E-state index contributed by atoms with van der Waals surface area (Å²) in [5.74, 6) is 5.54. The molecule has 1 aliphatic heterocycles. The molecule has 1 aromatic rings. The maximum Gasteiger partial charge on any atom is 0.151 e. The van der Waals surface area contributed by atoms with Gasteiger partial charge in [-0.15, -0.1) is 0 Å². The van der Waals surface area contributed by atoms with Gasteiger partial charge in [0.15, 0.2) is 5.78 Å². The predicted octanol–water partition coefficient (Wildman–Crippen LogP) is 2.31. The number of carbonyl (C=O) groups is 2. The van der Waals surface area contributed by atoms with E-state index in [1.807, 2.05) is 6.92 Å². The van der Waals surface area contributed by atoms with Crippen molar-refractivity contribution >= 4 is 11.6 Å². The topological polar surface area (TPSA) is 78.6 Å². The van der Waals surface area contributed by atoms with Crippen LogP contribution in [0.3, 0.4) is 0 Å². The molecule has 0 amide bonds. The Balaban J connectivity index is 1.75. The fraction of sp³-hybridized carbons (Fsp3) is 0.556. The minimum Gasteiger partial charge on any atom is -0.412 e. The second-order valence-electron chi connectivity index (χ2n) is 6.63. The second kappa shape index (κ2) is 6.81. The molecule has 2 aliphatic rings. The summed E-state index contributed by atoms with van der Waals surface area (Å²) in [6.45, 7) is 3.41. The zero-order valence-electron chi connectivity index (χ0n) is 13.4. The molecule has 2 unspecified atom stereocenters. The molecular formula is C18H23NO4. The fourth-order valence-corrected chi connectivity index (χ4v) is 3.81. The van der Waals surface area contributed by atoms with E-state index < -0.39 is 5.92 Å². The summed E-state index contributed by atoms with van der Waals surface area (Å²) >= 11 is 0. The number of ether oxygens (including phenoxy) is 1.